The summed E-state index contributed by atoms with van der Waals surface area (Å²) in [6, 6.07) is 9.07. The van der Waals surface area contributed by atoms with Crippen molar-refractivity contribution in [1.29, 1.82) is 5.26 Å². The lowest BCUT2D eigenvalue weighted by atomic mass is 9.99. The van der Waals surface area contributed by atoms with Crippen molar-refractivity contribution in [2.75, 3.05) is 0 Å². The van der Waals surface area contributed by atoms with Crippen LogP contribution in [0.2, 0.25) is 0 Å². The first-order chi connectivity index (χ1) is 7.88. The van der Waals surface area contributed by atoms with E-state index in [2.05, 4.69) is 11.2 Å². The number of nitriles is 1. The summed E-state index contributed by atoms with van der Waals surface area (Å²) in [5.74, 6) is 0.692. The molecule has 1 fully saturated rings. The van der Waals surface area contributed by atoms with Crippen LogP contribution in [0.15, 0.2) is 29.4 Å². The van der Waals surface area contributed by atoms with Crippen molar-refractivity contribution in [2.45, 2.75) is 32.1 Å². The molecule has 1 saturated carbocycles. The Hall–Kier alpha value is -1.82. The second-order valence-corrected chi connectivity index (χ2v) is 3.95. The summed E-state index contributed by atoms with van der Waals surface area (Å²) >= 11 is 0. The van der Waals surface area contributed by atoms with Crippen LogP contribution in [0.4, 0.5) is 0 Å². The Morgan fingerprint density at radius 1 is 1.06 bits per heavy atom. The molecule has 1 aliphatic carbocycles. The number of hydrogen-bond acceptors (Lipinski definition) is 3. The first-order valence-corrected chi connectivity index (χ1v) is 5.61. The highest BCUT2D eigenvalue weighted by atomic mass is 16.6. The van der Waals surface area contributed by atoms with Gasteiger partial charge < -0.3 is 4.84 Å². The molecule has 3 nitrogen and oxygen atoms in total. The molecule has 0 heterocycles. The lowest BCUT2D eigenvalue weighted by Crippen LogP contribution is -2.06. The molecule has 0 unspecified atom stereocenters. The fourth-order valence-electron chi connectivity index (χ4n) is 1.76. The highest BCUT2D eigenvalue weighted by Gasteiger charge is 2.07. The van der Waals surface area contributed by atoms with Crippen molar-refractivity contribution in [1.82, 2.24) is 0 Å². The molecule has 0 spiro atoms. The van der Waals surface area contributed by atoms with E-state index in [-0.39, 0.29) is 0 Å². The van der Waals surface area contributed by atoms with Crippen molar-refractivity contribution in [2.24, 2.45) is 5.16 Å². The summed E-state index contributed by atoms with van der Waals surface area (Å²) in [5, 5.41) is 12.8. The Morgan fingerprint density at radius 2 is 1.75 bits per heavy atom. The van der Waals surface area contributed by atoms with Gasteiger partial charge in [0.05, 0.1) is 17.3 Å². The van der Waals surface area contributed by atoms with Gasteiger partial charge in [0.15, 0.2) is 5.75 Å². The van der Waals surface area contributed by atoms with Crippen LogP contribution in [0.25, 0.3) is 0 Å². The number of nitrogens with zero attached hydrogens (tertiary/aromatic N) is 2. The van der Waals surface area contributed by atoms with E-state index in [1.165, 1.54) is 19.3 Å². The molecule has 0 atom stereocenters. The van der Waals surface area contributed by atoms with Gasteiger partial charge in [0.1, 0.15) is 0 Å². The second kappa shape index (κ2) is 5.32. The third kappa shape index (κ3) is 2.83. The predicted octanol–water partition coefficient (Wildman–Crippen LogP) is 3.26. The van der Waals surface area contributed by atoms with Crippen molar-refractivity contribution < 1.29 is 4.84 Å². The third-order valence-electron chi connectivity index (χ3n) is 2.69. The van der Waals surface area contributed by atoms with E-state index in [0.717, 1.165) is 18.6 Å². The Bertz CT molecular complexity index is 407. The third-order valence-corrected chi connectivity index (χ3v) is 2.69. The molecule has 0 aliphatic heterocycles. The summed E-state index contributed by atoms with van der Waals surface area (Å²) in [6.07, 6.45) is 5.84. The molecule has 1 aromatic rings. The zero-order chi connectivity index (χ0) is 11.2. The van der Waals surface area contributed by atoms with Gasteiger partial charge in [0.2, 0.25) is 0 Å². The van der Waals surface area contributed by atoms with E-state index >= 15 is 0 Å². The molecule has 0 bridgehead atoms. The molecule has 3 heteroatoms. The minimum absolute atomic E-state index is 0.637. The lowest BCUT2D eigenvalue weighted by molar-refractivity contribution is 0.336. The van der Waals surface area contributed by atoms with Crippen LogP contribution in [0, 0.1) is 11.3 Å². The van der Waals surface area contributed by atoms with Crippen LogP contribution >= 0.6 is 0 Å². The minimum Gasteiger partial charge on any atom is -0.357 e. The summed E-state index contributed by atoms with van der Waals surface area (Å²) in [6.45, 7) is 0. The van der Waals surface area contributed by atoms with Gasteiger partial charge in [-0.15, -0.1) is 0 Å². The minimum atomic E-state index is 0.637. The van der Waals surface area contributed by atoms with Crippen molar-refractivity contribution in [3.05, 3.63) is 29.8 Å². The van der Waals surface area contributed by atoms with Crippen LogP contribution < -0.4 is 4.84 Å². The molecule has 0 amide bonds. The first-order valence-electron chi connectivity index (χ1n) is 5.61. The molecule has 0 radical (unpaired) electrons. The Balaban J connectivity index is 1.96. The predicted molar refractivity (Wildman–Crippen MR) is 62.3 cm³/mol. The number of hydrogen-bond donors (Lipinski definition) is 0. The van der Waals surface area contributed by atoms with Crippen LogP contribution in [-0.4, -0.2) is 5.71 Å². The summed E-state index contributed by atoms with van der Waals surface area (Å²) in [4.78, 5) is 5.32. The van der Waals surface area contributed by atoms with E-state index in [1.54, 1.807) is 24.3 Å². The van der Waals surface area contributed by atoms with Gasteiger partial charge in [0, 0.05) is 0 Å². The first kappa shape index (κ1) is 10.7. The largest absolute Gasteiger partial charge is 0.357 e. The van der Waals surface area contributed by atoms with Gasteiger partial charge in [-0.3, -0.25) is 0 Å². The molecule has 0 N–H and O–H groups in total. The molecule has 2 rings (SSSR count). The zero-order valence-corrected chi connectivity index (χ0v) is 9.15. The van der Waals surface area contributed by atoms with Crippen LogP contribution in [0.1, 0.15) is 37.7 Å². The number of rotatable bonds is 2. The van der Waals surface area contributed by atoms with Gasteiger partial charge in [-0.05, 0) is 49.9 Å². The summed E-state index contributed by atoms with van der Waals surface area (Å²) in [5.41, 5.74) is 1.79. The monoisotopic (exact) mass is 214 g/mol. The number of oxime groups is 1. The zero-order valence-electron chi connectivity index (χ0n) is 9.15. The maximum Gasteiger partial charge on any atom is 0.158 e. The van der Waals surface area contributed by atoms with Crippen LogP contribution in [-0.2, 0) is 0 Å². The van der Waals surface area contributed by atoms with E-state index < -0.39 is 0 Å². The van der Waals surface area contributed by atoms with E-state index in [0.29, 0.717) is 11.3 Å². The Kier molecular flexibility index (Phi) is 3.55. The van der Waals surface area contributed by atoms with Crippen molar-refractivity contribution >= 4 is 5.71 Å². The van der Waals surface area contributed by atoms with Gasteiger partial charge in [0.25, 0.3) is 0 Å². The molecule has 1 aliphatic rings. The SMILES string of the molecule is N#Cc1ccc(ON=C2CCCCC2)cc1. The van der Waals surface area contributed by atoms with E-state index in [9.17, 15) is 0 Å². The van der Waals surface area contributed by atoms with Gasteiger partial charge in [-0.1, -0.05) is 11.6 Å². The summed E-state index contributed by atoms with van der Waals surface area (Å²) < 4.78 is 0. The molecule has 0 aromatic heterocycles. The van der Waals surface area contributed by atoms with E-state index in [4.69, 9.17) is 10.1 Å². The van der Waals surface area contributed by atoms with Gasteiger partial charge in [-0.2, -0.15) is 5.26 Å². The van der Waals surface area contributed by atoms with E-state index in [1.807, 2.05) is 0 Å². The molecule has 16 heavy (non-hydrogen) atoms. The lowest BCUT2D eigenvalue weighted by Gasteiger charge is -2.11. The molecule has 1 aromatic carbocycles. The maximum absolute atomic E-state index is 8.64. The highest BCUT2D eigenvalue weighted by Crippen LogP contribution is 2.17. The molecule has 0 saturated heterocycles. The average molecular weight is 214 g/mol. The molecular weight excluding hydrogens is 200 g/mol. The smallest absolute Gasteiger partial charge is 0.158 e. The maximum atomic E-state index is 8.64. The standard InChI is InChI=1S/C13H14N2O/c14-10-11-6-8-13(9-7-11)16-15-12-4-2-1-3-5-12/h6-9H,1-5H2. The second-order valence-electron chi connectivity index (χ2n) is 3.95. The fraction of sp³-hybridized carbons (Fsp3) is 0.385. The average Bonchev–Trinajstić information content (AvgIpc) is 2.38. The van der Waals surface area contributed by atoms with Gasteiger partial charge >= 0.3 is 0 Å². The van der Waals surface area contributed by atoms with Crippen molar-refractivity contribution in [3.8, 4) is 11.8 Å². The number of benzene rings is 1. The van der Waals surface area contributed by atoms with Crippen molar-refractivity contribution in [3.63, 3.8) is 0 Å². The Labute approximate surface area is 95.3 Å². The van der Waals surface area contributed by atoms with Crippen LogP contribution in [0.3, 0.4) is 0 Å². The Morgan fingerprint density at radius 3 is 2.38 bits per heavy atom. The normalized spacial score (nSPS) is 15.3. The molecular formula is C13H14N2O. The highest BCUT2D eigenvalue weighted by molar-refractivity contribution is 5.84. The summed E-state index contributed by atoms with van der Waals surface area (Å²) in [7, 11) is 0. The van der Waals surface area contributed by atoms with Gasteiger partial charge in [-0.25, -0.2) is 0 Å². The molecule has 82 valence electrons. The topological polar surface area (TPSA) is 45.4 Å². The quantitative estimate of drug-likeness (QED) is 0.709. The fourth-order valence-corrected chi connectivity index (χ4v) is 1.76. The van der Waals surface area contributed by atoms with Crippen LogP contribution in [0.5, 0.6) is 5.75 Å².